The predicted octanol–water partition coefficient (Wildman–Crippen LogP) is 2.32. The zero-order valence-corrected chi connectivity index (χ0v) is 14.6. The largest absolute Gasteiger partial charge is 0.379 e. The highest BCUT2D eigenvalue weighted by Crippen LogP contribution is 2.23. The number of carbonyl (C=O) groups excluding carboxylic acids is 1. The molecule has 2 fully saturated rings. The summed E-state index contributed by atoms with van der Waals surface area (Å²) in [5.74, 6) is 0.710. The maximum atomic E-state index is 12.2. The number of urea groups is 1. The van der Waals surface area contributed by atoms with E-state index in [9.17, 15) is 9.00 Å². The van der Waals surface area contributed by atoms with Crippen LogP contribution in [0.3, 0.4) is 0 Å². The number of rotatable bonds is 5. The molecule has 2 N–H and O–H groups in total. The normalized spacial score (nSPS) is 33.9. The van der Waals surface area contributed by atoms with Gasteiger partial charge in [-0.1, -0.05) is 26.2 Å². The van der Waals surface area contributed by atoms with Crippen molar-refractivity contribution in [2.45, 2.75) is 81.7 Å². The van der Waals surface area contributed by atoms with Gasteiger partial charge in [0.1, 0.15) is 0 Å². The third kappa shape index (κ3) is 4.95. The summed E-state index contributed by atoms with van der Waals surface area (Å²) in [6, 6.07) is 0.170. The van der Waals surface area contributed by atoms with Crippen LogP contribution >= 0.6 is 0 Å². The summed E-state index contributed by atoms with van der Waals surface area (Å²) in [5, 5.41) is 6.40. The van der Waals surface area contributed by atoms with Gasteiger partial charge in [-0.15, -0.1) is 0 Å². The van der Waals surface area contributed by atoms with E-state index in [0.29, 0.717) is 5.75 Å². The lowest BCUT2D eigenvalue weighted by molar-refractivity contribution is 0.0450. The molecular formula is C16H30N2O3S. The van der Waals surface area contributed by atoms with Crippen molar-refractivity contribution in [2.24, 2.45) is 0 Å². The van der Waals surface area contributed by atoms with E-state index in [0.717, 1.165) is 44.9 Å². The van der Waals surface area contributed by atoms with Crippen molar-refractivity contribution < 1.29 is 13.7 Å². The summed E-state index contributed by atoms with van der Waals surface area (Å²) in [7, 11) is 0.963. The number of nitrogens with one attached hydrogen (secondary N) is 2. The van der Waals surface area contributed by atoms with Gasteiger partial charge in [0, 0.05) is 35.0 Å². The number of amides is 2. The highest BCUT2D eigenvalue weighted by Gasteiger charge is 2.29. The Hall–Kier alpha value is -0.620. The van der Waals surface area contributed by atoms with Crippen molar-refractivity contribution in [3.8, 4) is 0 Å². The Kier molecular flexibility index (Phi) is 7.15. The Morgan fingerprint density at radius 1 is 1.14 bits per heavy atom. The smallest absolute Gasteiger partial charge is 0.315 e. The minimum absolute atomic E-state index is 0.0955. The Bertz CT molecular complexity index is 392. The molecule has 0 aromatic rings. The maximum Gasteiger partial charge on any atom is 0.315 e. The fraction of sp³-hybridized carbons (Fsp3) is 0.938. The van der Waals surface area contributed by atoms with Gasteiger partial charge < -0.3 is 15.4 Å². The van der Waals surface area contributed by atoms with E-state index in [1.54, 1.807) is 7.11 Å². The first-order valence-electron chi connectivity index (χ1n) is 8.61. The van der Waals surface area contributed by atoms with Crippen LogP contribution < -0.4 is 10.6 Å². The molecule has 5 atom stereocenters. The molecule has 128 valence electrons. The Morgan fingerprint density at radius 3 is 2.64 bits per heavy atom. The molecule has 2 aliphatic rings. The van der Waals surface area contributed by atoms with Crippen LogP contribution in [0.5, 0.6) is 0 Å². The van der Waals surface area contributed by atoms with E-state index in [2.05, 4.69) is 10.6 Å². The van der Waals surface area contributed by atoms with Gasteiger partial charge in [-0.05, 0) is 32.1 Å². The summed E-state index contributed by atoms with van der Waals surface area (Å²) in [4.78, 5) is 12.2. The lowest BCUT2D eigenvalue weighted by atomic mass is 9.92. The molecule has 0 spiro atoms. The van der Waals surface area contributed by atoms with Crippen LogP contribution in [0, 0.1) is 0 Å². The fourth-order valence-electron chi connectivity index (χ4n) is 3.69. The number of carbonyl (C=O) groups is 1. The second-order valence-electron chi connectivity index (χ2n) is 6.44. The summed E-state index contributed by atoms with van der Waals surface area (Å²) < 4.78 is 17.4. The van der Waals surface area contributed by atoms with Crippen molar-refractivity contribution in [3.05, 3.63) is 0 Å². The number of hydrogen-bond acceptors (Lipinski definition) is 3. The lowest BCUT2D eigenvalue weighted by Gasteiger charge is -2.33. The molecule has 0 aliphatic heterocycles. The van der Waals surface area contributed by atoms with Crippen LogP contribution in [0.1, 0.15) is 58.3 Å². The third-order valence-electron chi connectivity index (χ3n) is 4.94. The summed E-state index contributed by atoms with van der Waals surface area (Å²) in [6.45, 7) is 1.97. The highest BCUT2D eigenvalue weighted by molar-refractivity contribution is 7.85. The van der Waals surface area contributed by atoms with Crippen LogP contribution in [0.15, 0.2) is 0 Å². The molecule has 2 saturated carbocycles. The summed E-state index contributed by atoms with van der Waals surface area (Å²) in [6.07, 6.45) is 8.35. The summed E-state index contributed by atoms with van der Waals surface area (Å²) in [5.41, 5.74) is 0. The summed E-state index contributed by atoms with van der Waals surface area (Å²) >= 11 is 0. The number of hydrogen-bond donors (Lipinski definition) is 2. The molecule has 2 rings (SSSR count). The van der Waals surface area contributed by atoms with Gasteiger partial charge in [-0.3, -0.25) is 4.21 Å². The average molecular weight is 330 g/mol. The number of methoxy groups -OCH3 is 1. The van der Waals surface area contributed by atoms with Crippen LogP contribution in [0.4, 0.5) is 4.79 Å². The van der Waals surface area contributed by atoms with Crippen LogP contribution in [-0.2, 0) is 15.5 Å². The minimum atomic E-state index is -0.754. The first-order valence-corrected chi connectivity index (χ1v) is 9.99. The Labute approximate surface area is 136 Å². The Balaban J connectivity index is 1.79. The standard InChI is InChI=1S/C16H30N2O3S/c1-3-22(20)13-8-6-7-12(11-13)17-16(19)18-14-9-4-5-10-15(14)21-2/h12-15H,3-11H2,1-2H3,(H2,17,18,19)/t12-,13+,14+,15-,22+/m0/s1. The zero-order valence-electron chi connectivity index (χ0n) is 13.8. The molecule has 5 nitrogen and oxygen atoms in total. The molecule has 22 heavy (non-hydrogen) atoms. The van der Waals surface area contributed by atoms with Gasteiger partial charge in [0.2, 0.25) is 0 Å². The topological polar surface area (TPSA) is 67.4 Å². The second-order valence-corrected chi connectivity index (χ2v) is 8.44. The lowest BCUT2D eigenvalue weighted by Crippen LogP contribution is -2.52. The molecule has 6 heteroatoms. The predicted molar refractivity (Wildman–Crippen MR) is 89.4 cm³/mol. The van der Waals surface area contributed by atoms with Crippen molar-refractivity contribution in [3.63, 3.8) is 0 Å². The minimum Gasteiger partial charge on any atom is -0.379 e. The molecule has 2 amide bonds. The monoisotopic (exact) mass is 330 g/mol. The van der Waals surface area contributed by atoms with Crippen LogP contribution in [0.2, 0.25) is 0 Å². The Morgan fingerprint density at radius 2 is 1.91 bits per heavy atom. The van der Waals surface area contributed by atoms with Crippen LogP contribution in [-0.4, -0.2) is 46.5 Å². The van der Waals surface area contributed by atoms with Gasteiger partial charge in [0.05, 0.1) is 12.1 Å². The molecule has 0 bridgehead atoms. The number of ether oxygens (including phenoxy) is 1. The molecule has 2 aliphatic carbocycles. The average Bonchev–Trinajstić information content (AvgIpc) is 2.54. The van der Waals surface area contributed by atoms with Crippen molar-refractivity contribution in [2.75, 3.05) is 12.9 Å². The van der Waals surface area contributed by atoms with Crippen molar-refractivity contribution in [1.29, 1.82) is 0 Å². The SMILES string of the molecule is CC[S@@](=O)[C@@H]1CCC[C@H](NC(=O)N[C@@H]2CCCC[C@@H]2OC)C1. The first kappa shape index (κ1) is 17.7. The van der Waals surface area contributed by atoms with Gasteiger partial charge in [0.15, 0.2) is 0 Å². The van der Waals surface area contributed by atoms with Crippen LogP contribution in [0.25, 0.3) is 0 Å². The van der Waals surface area contributed by atoms with E-state index in [4.69, 9.17) is 4.74 Å². The zero-order chi connectivity index (χ0) is 15.9. The van der Waals surface area contributed by atoms with Gasteiger partial charge in [-0.25, -0.2) is 4.79 Å². The molecule has 0 aromatic heterocycles. The quantitative estimate of drug-likeness (QED) is 0.813. The molecule has 0 aromatic carbocycles. The van der Waals surface area contributed by atoms with Gasteiger partial charge in [0.25, 0.3) is 0 Å². The molecular weight excluding hydrogens is 300 g/mol. The second kappa shape index (κ2) is 8.87. The molecule has 0 radical (unpaired) electrons. The highest BCUT2D eigenvalue weighted by atomic mass is 32.2. The molecule has 0 saturated heterocycles. The van der Waals surface area contributed by atoms with E-state index in [-0.39, 0.29) is 29.5 Å². The fourth-order valence-corrected chi connectivity index (χ4v) is 5.04. The van der Waals surface area contributed by atoms with E-state index in [1.165, 1.54) is 6.42 Å². The molecule has 0 heterocycles. The van der Waals surface area contributed by atoms with E-state index >= 15 is 0 Å². The molecule has 0 unspecified atom stereocenters. The van der Waals surface area contributed by atoms with Crippen molar-refractivity contribution >= 4 is 16.8 Å². The van der Waals surface area contributed by atoms with Gasteiger partial charge in [-0.2, -0.15) is 0 Å². The van der Waals surface area contributed by atoms with Crippen molar-refractivity contribution in [1.82, 2.24) is 10.6 Å². The van der Waals surface area contributed by atoms with E-state index < -0.39 is 10.8 Å². The third-order valence-corrected chi connectivity index (χ3v) is 6.68. The van der Waals surface area contributed by atoms with Gasteiger partial charge >= 0.3 is 6.03 Å². The first-order chi connectivity index (χ1) is 10.6. The van der Waals surface area contributed by atoms with E-state index in [1.807, 2.05) is 6.92 Å². The maximum absolute atomic E-state index is 12.2.